The number of esters is 1. The van der Waals surface area contributed by atoms with Gasteiger partial charge in [-0.3, -0.25) is 4.79 Å². The Morgan fingerprint density at radius 3 is 2.87 bits per heavy atom. The lowest BCUT2D eigenvalue weighted by Crippen LogP contribution is -2.05. The number of nitrogens with zero attached hydrogens (tertiary/aromatic N) is 4. The zero-order chi connectivity index (χ0) is 21.8. The third kappa shape index (κ3) is 4.87. The SMILES string of the molecule is CCOC(=O)CCCCCn1c(Sc2cc3c(cc2Br)OCO3)nc2c(N)ncnc21. The minimum Gasteiger partial charge on any atom is -0.466 e. The summed E-state index contributed by atoms with van der Waals surface area (Å²) >= 11 is 5.09. The van der Waals surface area contributed by atoms with Crippen molar-refractivity contribution in [2.75, 3.05) is 19.1 Å². The predicted molar refractivity (Wildman–Crippen MR) is 119 cm³/mol. The second kappa shape index (κ2) is 9.73. The number of hydrogen-bond donors (Lipinski definition) is 1. The van der Waals surface area contributed by atoms with Crippen molar-refractivity contribution < 1.29 is 19.0 Å². The van der Waals surface area contributed by atoms with Crippen molar-refractivity contribution in [3.63, 3.8) is 0 Å². The van der Waals surface area contributed by atoms with Crippen LogP contribution < -0.4 is 15.2 Å². The number of fused-ring (bicyclic) bond motifs is 2. The zero-order valence-electron chi connectivity index (χ0n) is 17.0. The highest BCUT2D eigenvalue weighted by Gasteiger charge is 2.20. The van der Waals surface area contributed by atoms with Gasteiger partial charge in [-0.2, -0.15) is 0 Å². The molecule has 0 amide bonds. The molecule has 0 aliphatic carbocycles. The third-order valence-corrected chi connectivity index (χ3v) is 6.69. The highest BCUT2D eigenvalue weighted by atomic mass is 79.9. The molecule has 2 N–H and O–H groups in total. The van der Waals surface area contributed by atoms with Gasteiger partial charge in [0.05, 0.1) is 6.61 Å². The number of benzene rings is 1. The molecule has 11 heteroatoms. The van der Waals surface area contributed by atoms with Crippen molar-refractivity contribution in [3.05, 3.63) is 22.9 Å². The summed E-state index contributed by atoms with van der Waals surface area (Å²) in [4.78, 5) is 25.6. The molecule has 31 heavy (non-hydrogen) atoms. The molecule has 0 bridgehead atoms. The second-order valence-electron chi connectivity index (χ2n) is 6.83. The van der Waals surface area contributed by atoms with Gasteiger partial charge in [0.25, 0.3) is 0 Å². The summed E-state index contributed by atoms with van der Waals surface area (Å²) in [7, 11) is 0. The molecule has 0 spiro atoms. The maximum Gasteiger partial charge on any atom is 0.305 e. The molecule has 9 nitrogen and oxygen atoms in total. The quantitative estimate of drug-likeness (QED) is 0.336. The van der Waals surface area contributed by atoms with Gasteiger partial charge in [-0.1, -0.05) is 18.2 Å². The molecule has 0 saturated heterocycles. The van der Waals surface area contributed by atoms with Gasteiger partial charge in [0.15, 0.2) is 33.6 Å². The summed E-state index contributed by atoms with van der Waals surface area (Å²) in [6.07, 6.45) is 4.40. The van der Waals surface area contributed by atoms with E-state index in [4.69, 9.17) is 24.9 Å². The van der Waals surface area contributed by atoms with E-state index >= 15 is 0 Å². The number of carbonyl (C=O) groups is 1. The molecule has 0 fully saturated rings. The molecule has 164 valence electrons. The summed E-state index contributed by atoms with van der Waals surface area (Å²) in [6, 6.07) is 3.82. The van der Waals surface area contributed by atoms with Gasteiger partial charge >= 0.3 is 5.97 Å². The topological polar surface area (TPSA) is 114 Å². The molecule has 1 aliphatic rings. The van der Waals surface area contributed by atoms with Crippen LogP contribution in [0.3, 0.4) is 0 Å². The largest absolute Gasteiger partial charge is 0.466 e. The predicted octanol–water partition coefficient (Wildman–Crippen LogP) is 4.17. The Morgan fingerprint density at radius 1 is 1.26 bits per heavy atom. The van der Waals surface area contributed by atoms with Crippen molar-refractivity contribution in [1.82, 2.24) is 19.5 Å². The fourth-order valence-corrected chi connectivity index (χ4v) is 4.75. The Morgan fingerprint density at radius 2 is 2.06 bits per heavy atom. The first-order chi connectivity index (χ1) is 15.1. The number of carbonyl (C=O) groups excluding carboxylic acids is 1. The van der Waals surface area contributed by atoms with Gasteiger partial charge in [0.2, 0.25) is 6.79 Å². The number of nitrogens with two attached hydrogens (primary N) is 1. The van der Waals surface area contributed by atoms with Crippen molar-refractivity contribution >= 4 is 50.6 Å². The maximum absolute atomic E-state index is 11.5. The van der Waals surface area contributed by atoms with E-state index in [0.29, 0.717) is 48.1 Å². The monoisotopic (exact) mass is 507 g/mol. The van der Waals surface area contributed by atoms with E-state index in [1.165, 1.54) is 18.1 Å². The number of aryl methyl sites for hydroxylation is 1. The molecule has 0 unspecified atom stereocenters. The first kappa shape index (κ1) is 21.7. The van der Waals surface area contributed by atoms with Crippen molar-refractivity contribution in [3.8, 4) is 11.5 Å². The maximum atomic E-state index is 11.5. The van der Waals surface area contributed by atoms with E-state index in [-0.39, 0.29) is 12.8 Å². The van der Waals surface area contributed by atoms with Gasteiger partial charge < -0.3 is 24.5 Å². The second-order valence-corrected chi connectivity index (χ2v) is 8.69. The number of nitrogen functional groups attached to an aromatic ring is 1. The number of aromatic nitrogens is 4. The van der Waals surface area contributed by atoms with Crippen LogP contribution in [0.1, 0.15) is 32.6 Å². The normalized spacial score (nSPS) is 12.5. The molecule has 0 radical (unpaired) electrons. The molecule has 1 aromatic carbocycles. The summed E-state index contributed by atoms with van der Waals surface area (Å²) in [5.74, 6) is 1.60. The lowest BCUT2D eigenvalue weighted by atomic mass is 10.2. The van der Waals surface area contributed by atoms with Crippen LogP contribution in [0.25, 0.3) is 11.2 Å². The van der Waals surface area contributed by atoms with Gasteiger partial charge in [0.1, 0.15) is 6.33 Å². The molecule has 0 atom stereocenters. The molecule has 3 aromatic rings. The summed E-state index contributed by atoms with van der Waals surface area (Å²) in [6.45, 7) is 3.14. The zero-order valence-corrected chi connectivity index (χ0v) is 19.4. The van der Waals surface area contributed by atoms with Crippen LogP contribution in [0.15, 0.2) is 33.0 Å². The lowest BCUT2D eigenvalue weighted by molar-refractivity contribution is -0.143. The van der Waals surface area contributed by atoms with Crippen molar-refractivity contribution in [1.29, 1.82) is 0 Å². The molecule has 4 rings (SSSR count). The smallest absolute Gasteiger partial charge is 0.305 e. The van der Waals surface area contributed by atoms with Crippen LogP contribution in [-0.4, -0.2) is 38.9 Å². The highest BCUT2D eigenvalue weighted by Crippen LogP contribution is 2.43. The Bertz CT molecular complexity index is 1110. The van der Waals surface area contributed by atoms with Gasteiger partial charge in [0, 0.05) is 22.3 Å². The third-order valence-electron chi connectivity index (χ3n) is 4.72. The summed E-state index contributed by atoms with van der Waals surface area (Å²) < 4.78 is 18.8. The standard InChI is InChI=1S/C20H22BrN5O4S/c1-2-28-16(27)6-4-3-5-7-26-19-17(18(22)23-10-24-19)25-20(26)31-15-9-14-13(8-12(15)21)29-11-30-14/h8-10H,2-7,11H2,1H3,(H2,22,23,24). The number of unbranched alkanes of at least 4 members (excludes halogenated alkanes) is 2. The Kier molecular flexibility index (Phi) is 6.81. The Balaban J connectivity index is 1.53. The van der Waals surface area contributed by atoms with E-state index in [1.54, 1.807) is 0 Å². The molecule has 1 aliphatic heterocycles. The Labute approximate surface area is 191 Å². The Hall–Kier alpha value is -2.53. The first-order valence-electron chi connectivity index (χ1n) is 9.96. The number of ether oxygens (including phenoxy) is 3. The van der Waals surface area contributed by atoms with Crippen LogP contribution in [0.2, 0.25) is 0 Å². The minimum atomic E-state index is -0.153. The minimum absolute atomic E-state index is 0.153. The average molecular weight is 508 g/mol. The number of hydrogen-bond acceptors (Lipinski definition) is 9. The fraction of sp³-hybridized carbons (Fsp3) is 0.400. The van der Waals surface area contributed by atoms with E-state index in [2.05, 4.69) is 25.9 Å². The number of anilines is 1. The molecular formula is C20H22BrN5O4S. The van der Waals surface area contributed by atoms with Gasteiger partial charge in [-0.25, -0.2) is 15.0 Å². The van der Waals surface area contributed by atoms with Crippen LogP contribution in [0.5, 0.6) is 11.5 Å². The number of halogens is 1. The first-order valence-corrected chi connectivity index (χ1v) is 11.6. The lowest BCUT2D eigenvalue weighted by Gasteiger charge is -2.10. The molecule has 2 aromatic heterocycles. The van der Waals surface area contributed by atoms with E-state index in [0.717, 1.165) is 33.8 Å². The molecule has 0 saturated carbocycles. The van der Waals surface area contributed by atoms with Gasteiger partial charge in [-0.05, 0) is 47.8 Å². The van der Waals surface area contributed by atoms with Gasteiger partial charge in [-0.15, -0.1) is 0 Å². The summed E-state index contributed by atoms with van der Waals surface area (Å²) in [5, 5.41) is 0.757. The van der Waals surface area contributed by atoms with E-state index in [9.17, 15) is 4.79 Å². The summed E-state index contributed by atoms with van der Waals surface area (Å²) in [5.41, 5.74) is 7.31. The molecular weight excluding hydrogens is 486 g/mol. The fourth-order valence-electron chi connectivity index (χ4n) is 3.24. The van der Waals surface area contributed by atoms with Crippen LogP contribution in [0, 0.1) is 0 Å². The number of imidazole rings is 1. The van der Waals surface area contributed by atoms with Crippen molar-refractivity contribution in [2.45, 2.75) is 49.2 Å². The van der Waals surface area contributed by atoms with Crippen LogP contribution in [0.4, 0.5) is 5.82 Å². The van der Waals surface area contributed by atoms with Crippen LogP contribution >= 0.6 is 27.7 Å². The molecule has 3 heterocycles. The van der Waals surface area contributed by atoms with E-state index in [1.807, 2.05) is 23.6 Å². The van der Waals surface area contributed by atoms with Crippen molar-refractivity contribution in [2.24, 2.45) is 0 Å². The average Bonchev–Trinajstić information content (AvgIpc) is 3.33. The highest BCUT2D eigenvalue weighted by molar-refractivity contribution is 9.10. The van der Waals surface area contributed by atoms with E-state index < -0.39 is 0 Å². The van der Waals surface area contributed by atoms with Crippen LogP contribution in [-0.2, 0) is 16.1 Å². The number of rotatable bonds is 9.